The molecule has 63 heavy (non-hydrogen) atoms. The van der Waals surface area contributed by atoms with Crippen molar-refractivity contribution < 1.29 is 37.6 Å². The maximum Gasteiger partial charge on any atom is 0.351 e. The summed E-state index contributed by atoms with van der Waals surface area (Å²) in [6.45, 7) is 8.38. The molecule has 0 aliphatic carbocycles. The summed E-state index contributed by atoms with van der Waals surface area (Å²) in [4.78, 5) is 37.6. The normalized spacial score (nSPS) is 20.2. The Labute approximate surface area is 368 Å². The lowest BCUT2D eigenvalue weighted by molar-refractivity contribution is -0.329. The lowest BCUT2D eigenvalue weighted by Gasteiger charge is -2.45. The van der Waals surface area contributed by atoms with E-state index in [9.17, 15) is 14.9 Å². The van der Waals surface area contributed by atoms with Crippen molar-refractivity contribution in [1.82, 2.24) is 19.3 Å². The van der Waals surface area contributed by atoms with Gasteiger partial charge in [-0.25, -0.2) is 9.46 Å². The highest BCUT2D eigenvalue weighted by Crippen LogP contribution is 2.59. The molecule has 1 N–H and O–H groups in total. The SMILES string of the molecule is COc1ccc(C(O[C@]23CN(OC)[C@@H]([C@@H](n4ccc(NC(=O)c5ccccc5)nc4=O)O2)[C@@H]3OP(OCCC#N)N(C(C)C)C(C)C)(c2ccccc2)c2ccc(OC)cc2)cc1. The van der Waals surface area contributed by atoms with Crippen molar-refractivity contribution in [2.45, 2.75) is 76.0 Å². The fraction of sp³-hybridized carbons (Fsp3) is 0.362. The average molecular weight is 877 g/mol. The number of ether oxygens (including phenoxy) is 4. The zero-order chi connectivity index (χ0) is 44.7. The summed E-state index contributed by atoms with van der Waals surface area (Å²) in [7, 11) is 2.88. The maximum atomic E-state index is 14.2. The second-order valence-corrected chi connectivity index (χ2v) is 17.0. The monoisotopic (exact) mass is 876 g/mol. The molecular formula is C47H53N6O9P. The van der Waals surface area contributed by atoms with E-state index in [-0.39, 0.29) is 37.5 Å². The maximum absolute atomic E-state index is 14.2. The van der Waals surface area contributed by atoms with Gasteiger partial charge in [-0.05, 0) is 86.8 Å². The Hall–Kier alpha value is -5.53. The molecular weight excluding hydrogens is 824 g/mol. The van der Waals surface area contributed by atoms with Crippen LogP contribution < -0.4 is 20.5 Å². The Balaban J connectivity index is 1.41. The van der Waals surface area contributed by atoms with Crippen molar-refractivity contribution in [3.8, 4) is 17.6 Å². The summed E-state index contributed by atoms with van der Waals surface area (Å²) in [5, 5.41) is 14.0. The van der Waals surface area contributed by atoms with E-state index < -0.39 is 49.9 Å². The number of hydrogen-bond donors (Lipinski definition) is 1. The molecule has 7 rings (SSSR count). The van der Waals surface area contributed by atoms with Crippen molar-refractivity contribution >= 4 is 20.3 Å². The minimum Gasteiger partial charge on any atom is -0.497 e. The molecule has 15 nitrogen and oxygen atoms in total. The number of rotatable bonds is 19. The topological polar surface area (TPSA) is 159 Å². The highest BCUT2D eigenvalue weighted by Gasteiger charge is 2.70. The third-order valence-corrected chi connectivity index (χ3v) is 13.2. The highest BCUT2D eigenvalue weighted by atomic mass is 31.2. The van der Waals surface area contributed by atoms with E-state index in [1.54, 1.807) is 50.7 Å². The molecule has 2 fully saturated rings. The molecule has 0 radical (unpaired) electrons. The lowest BCUT2D eigenvalue weighted by atomic mass is 9.79. The van der Waals surface area contributed by atoms with Gasteiger partial charge in [0.15, 0.2) is 6.23 Å². The zero-order valence-electron chi connectivity index (χ0n) is 36.4. The molecule has 1 amide bonds. The van der Waals surface area contributed by atoms with Crippen molar-refractivity contribution in [2.24, 2.45) is 0 Å². The third-order valence-electron chi connectivity index (χ3n) is 11.0. The van der Waals surface area contributed by atoms with Gasteiger partial charge in [-0.2, -0.15) is 15.3 Å². The number of nitrogens with one attached hydrogen (secondary N) is 1. The molecule has 1 aromatic heterocycles. The van der Waals surface area contributed by atoms with Gasteiger partial charge in [0.2, 0.25) is 5.79 Å². The molecule has 4 aromatic carbocycles. The van der Waals surface area contributed by atoms with Crippen LogP contribution in [-0.4, -0.2) is 89.7 Å². The molecule has 16 heteroatoms. The van der Waals surface area contributed by atoms with Crippen LogP contribution in [0.2, 0.25) is 0 Å². The average Bonchev–Trinajstić information content (AvgIpc) is 3.76. The van der Waals surface area contributed by atoms with Gasteiger partial charge in [0.1, 0.15) is 35.1 Å². The van der Waals surface area contributed by atoms with Crippen LogP contribution >= 0.6 is 8.53 Å². The molecule has 2 aliphatic heterocycles. The number of methoxy groups -OCH3 is 2. The predicted octanol–water partition coefficient (Wildman–Crippen LogP) is 7.65. The molecule has 5 atom stereocenters. The largest absolute Gasteiger partial charge is 0.497 e. The first-order valence-electron chi connectivity index (χ1n) is 20.7. The van der Waals surface area contributed by atoms with E-state index in [1.807, 2.05) is 84.9 Å². The smallest absolute Gasteiger partial charge is 0.351 e. The fourth-order valence-electron chi connectivity index (χ4n) is 8.26. The van der Waals surface area contributed by atoms with Gasteiger partial charge in [0, 0.05) is 23.8 Å². The summed E-state index contributed by atoms with van der Waals surface area (Å²) < 4.78 is 43.4. The Morgan fingerprint density at radius 3 is 1.98 bits per heavy atom. The molecule has 0 saturated carbocycles. The van der Waals surface area contributed by atoms with Crippen LogP contribution in [0.4, 0.5) is 5.82 Å². The van der Waals surface area contributed by atoms with Crippen LogP contribution in [0.25, 0.3) is 0 Å². The van der Waals surface area contributed by atoms with Crippen LogP contribution in [0, 0.1) is 11.3 Å². The number of hydroxylamine groups is 2. The van der Waals surface area contributed by atoms with Crippen LogP contribution in [-0.2, 0) is 29.0 Å². The van der Waals surface area contributed by atoms with Gasteiger partial charge in [0.25, 0.3) is 14.4 Å². The molecule has 5 aromatic rings. The summed E-state index contributed by atoms with van der Waals surface area (Å²) in [5.74, 6) is -0.745. The van der Waals surface area contributed by atoms with E-state index in [0.29, 0.717) is 17.1 Å². The Morgan fingerprint density at radius 2 is 1.46 bits per heavy atom. The van der Waals surface area contributed by atoms with Crippen molar-refractivity contribution in [2.75, 3.05) is 39.8 Å². The number of nitrogens with zero attached hydrogens (tertiary/aromatic N) is 5. The number of morpholine rings is 1. The van der Waals surface area contributed by atoms with Crippen LogP contribution in [0.15, 0.2) is 126 Å². The minimum atomic E-state index is -1.89. The van der Waals surface area contributed by atoms with Crippen LogP contribution in [0.3, 0.4) is 0 Å². The number of aromatic nitrogens is 2. The zero-order valence-corrected chi connectivity index (χ0v) is 37.3. The van der Waals surface area contributed by atoms with E-state index >= 15 is 0 Å². The fourth-order valence-corrected chi connectivity index (χ4v) is 10.0. The van der Waals surface area contributed by atoms with Gasteiger partial charge in [0.05, 0.1) is 47.0 Å². The standard InChI is InChI=1S/C47H53N6O9P/c1-32(2)53(33(3)4)63(59-30-14-28-48)61-42-41-44(51-29-27-40(50-45(51)55)49-43(54)34-15-10-8-11-16-34)60-46(42,31-52(41)58-7)62-47(35-17-12-9-13-18-35,36-19-23-38(56-5)24-20-36)37-21-25-39(57-6)26-22-37/h8-13,15-27,29,32-33,41-42,44H,14,30-31H2,1-7H3,(H,49,50,54,55)/t41-,42+,44+,46+,63?/m1/s1. The molecule has 3 heterocycles. The first-order valence-corrected chi connectivity index (χ1v) is 21.9. The van der Waals surface area contributed by atoms with Gasteiger partial charge in [-0.15, -0.1) is 0 Å². The number of fused-ring (bicyclic) bond motifs is 2. The van der Waals surface area contributed by atoms with E-state index in [0.717, 1.165) is 16.7 Å². The summed E-state index contributed by atoms with van der Waals surface area (Å²) >= 11 is 0. The van der Waals surface area contributed by atoms with Gasteiger partial charge < -0.3 is 38.1 Å². The second kappa shape index (κ2) is 19.9. The van der Waals surface area contributed by atoms with E-state index in [4.69, 9.17) is 32.8 Å². The first-order chi connectivity index (χ1) is 30.5. The summed E-state index contributed by atoms with van der Waals surface area (Å²) in [6.07, 6.45) is -0.409. The molecule has 2 saturated heterocycles. The van der Waals surface area contributed by atoms with Gasteiger partial charge in [-0.3, -0.25) is 9.36 Å². The number of anilines is 1. The van der Waals surface area contributed by atoms with Gasteiger partial charge >= 0.3 is 5.69 Å². The molecule has 2 bridgehead atoms. The predicted molar refractivity (Wildman–Crippen MR) is 237 cm³/mol. The Morgan fingerprint density at radius 1 is 0.889 bits per heavy atom. The Bertz CT molecular complexity index is 2340. The third kappa shape index (κ3) is 9.27. The van der Waals surface area contributed by atoms with Crippen molar-refractivity contribution in [3.63, 3.8) is 0 Å². The van der Waals surface area contributed by atoms with Crippen molar-refractivity contribution in [1.29, 1.82) is 5.26 Å². The number of carbonyl (C=O) groups is 1. The number of benzene rings is 4. The Kier molecular flexibility index (Phi) is 14.4. The van der Waals surface area contributed by atoms with Crippen molar-refractivity contribution in [3.05, 3.63) is 154 Å². The number of carbonyl (C=O) groups excluding carboxylic acids is 1. The highest BCUT2D eigenvalue weighted by molar-refractivity contribution is 7.44. The summed E-state index contributed by atoms with van der Waals surface area (Å²) in [6, 6.07) is 36.6. The second-order valence-electron chi connectivity index (χ2n) is 15.6. The first kappa shape index (κ1) is 45.5. The molecule has 2 aliphatic rings. The quantitative estimate of drug-likeness (QED) is 0.0490. The number of amides is 1. The number of hydrogen-bond acceptors (Lipinski definition) is 13. The van der Waals surface area contributed by atoms with Crippen LogP contribution in [0.1, 0.15) is 67.4 Å². The van der Waals surface area contributed by atoms with E-state index in [1.165, 1.54) is 16.8 Å². The number of nitriles is 1. The lowest BCUT2D eigenvalue weighted by Crippen LogP contribution is -2.53. The minimum absolute atomic E-state index is 0.0307. The van der Waals surface area contributed by atoms with E-state index in [2.05, 4.69) is 48.7 Å². The van der Waals surface area contributed by atoms with Crippen LogP contribution in [0.5, 0.6) is 11.5 Å². The molecule has 330 valence electrons. The summed E-state index contributed by atoms with van der Waals surface area (Å²) in [5.41, 5.74) is 0.562. The van der Waals surface area contributed by atoms with Gasteiger partial charge in [-0.1, -0.05) is 72.8 Å². The molecule has 0 spiro atoms. The molecule has 1 unspecified atom stereocenters.